The highest BCUT2D eigenvalue weighted by Crippen LogP contribution is 2.55. The third-order valence-corrected chi connectivity index (χ3v) is 10.7. The van der Waals surface area contributed by atoms with Crippen molar-refractivity contribution in [3.05, 3.63) is 46.1 Å². The van der Waals surface area contributed by atoms with Crippen LogP contribution in [0.3, 0.4) is 0 Å². The Kier molecular flexibility index (Phi) is 7.60. The number of carbonyl (C=O) groups is 1. The number of nitrogens with one attached hydrogen (secondary N) is 1. The lowest BCUT2D eigenvalue weighted by Gasteiger charge is -2.57. The monoisotopic (exact) mass is 523 g/mol. The van der Waals surface area contributed by atoms with Crippen molar-refractivity contribution in [2.45, 2.75) is 121 Å². The minimum atomic E-state index is 0.0727. The summed E-state index contributed by atoms with van der Waals surface area (Å²) in [5.41, 5.74) is 3.93. The molecule has 7 rings (SSSR count). The summed E-state index contributed by atoms with van der Waals surface area (Å²) in [6.07, 6.45) is 19.9. The second-order valence-electron chi connectivity index (χ2n) is 13.4. The van der Waals surface area contributed by atoms with Gasteiger partial charge in [-0.3, -0.25) is 4.79 Å². The predicted molar refractivity (Wildman–Crippen MR) is 151 cm³/mol. The molecule has 202 valence electrons. The van der Waals surface area contributed by atoms with E-state index < -0.39 is 0 Å². The molecule has 0 aliphatic heterocycles. The molecule has 0 aromatic heterocycles. The standard InChI is InChI=1S/C32H46ClN3O/c33-28-10-6-7-22(17-28)16-26-8-4-5-9-27(31(26)36(34)29-11-2-1-3-12-29)18-30(37)35-32-19-23-13-24(20-32)15-25(14-23)21-32/h6-7,10,17,23-26,29H,1-5,8-9,11-16,18-21,34H2,(H,35,37). The number of hydrogen-bond acceptors (Lipinski definition) is 3. The first-order valence-electron chi connectivity index (χ1n) is 15.3. The third kappa shape index (κ3) is 5.76. The fourth-order valence-electron chi connectivity index (χ4n) is 9.36. The van der Waals surface area contributed by atoms with Crippen LogP contribution >= 0.6 is 11.6 Å². The van der Waals surface area contributed by atoms with Gasteiger partial charge in [-0.1, -0.05) is 49.4 Å². The molecule has 0 spiro atoms. The molecule has 3 N–H and O–H groups in total. The van der Waals surface area contributed by atoms with Crippen LogP contribution < -0.4 is 11.2 Å². The van der Waals surface area contributed by atoms with Crippen LogP contribution in [0.4, 0.5) is 0 Å². The first-order chi connectivity index (χ1) is 18.0. The van der Waals surface area contributed by atoms with Crippen molar-refractivity contribution in [2.75, 3.05) is 0 Å². The second kappa shape index (κ2) is 10.9. The molecule has 0 radical (unpaired) electrons. The molecule has 0 heterocycles. The number of allylic oxidation sites excluding steroid dienone is 1. The first kappa shape index (κ1) is 25.7. The molecular weight excluding hydrogens is 478 g/mol. The maximum atomic E-state index is 13.7. The number of benzene rings is 1. The van der Waals surface area contributed by atoms with E-state index in [0.29, 0.717) is 18.4 Å². The van der Waals surface area contributed by atoms with Crippen LogP contribution in [0, 0.1) is 23.7 Å². The average Bonchev–Trinajstić information content (AvgIpc) is 3.04. The summed E-state index contributed by atoms with van der Waals surface area (Å²) in [6.45, 7) is 0. The van der Waals surface area contributed by atoms with Gasteiger partial charge < -0.3 is 10.3 Å². The summed E-state index contributed by atoms with van der Waals surface area (Å²) >= 11 is 6.36. The Balaban J connectivity index is 1.26. The van der Waals surface area contributed by atoms with E-state index in [0.717, 1.165) is 61.3 Å². The Bertz CT molecular complexity index is 978. The Hall–Kier alpha value is -1.52. The van der Waals surface area contributed by atoms with Crippen LogP contribution in [-0.4, -0.2) is 22.5 Å². The first-order valence-corrected chi connectivity index (χ1v) is 15.7. The SMILES string of the molecule is NN(C1=C(CC(=O)NC23CC4CC(CC(C4)C2)C3)CCCCC1Cc1cccc(Cl)c1)C1CCCCC1. The molecule has 1 atom stereocenters. The Morgan fingerprint density at radius 3 is 2.32 bits per heavy atom. The molecule has 6 aliphatic carbocycles. The molecule has 6 aliphatic rings. The molecule has 0 saturated heterocycles. The maximum Gasteiger partial charge on any atom is 0.224 e. The zero-order valence-electron chi connectivity index (χ0n) is 22.5. The van der Waals surface area contributed by atoms with Gasteiger partial charge in [-0.05, 0) is 118 Å². The lowest BCUT2D eigenvalue weighted by atomic mass is 9.53. The minimum absolute atomic E-state index is 0.0727. The third-order valence-electron chi connectivity index (χ3n) is 10.5. The van der Waals surface area contributed by atoms with E-state index in [2.05, 4.69) is 28.5 Å². The van der Waals surface area contributed by atoms with Crippen LogP contribution in [0.1, 0.15) is 108 Å². The normalized spacial score (nSPS) is 33.9. The Labute approximate surface area is 228 Å². The van der Waals surface area contributed by atoms with Gasteiger partial charge in [-0.2, -0.15) is 0 Å². The highest BCUT2D eigenvalue weighted by molar-refractivity contribution is 6.30. The van der Waals surface area contributed by atoms with Gasteiger partial charge in [0, 0.05) is 34.6 Å². The zero-order chi connectivity index (χ0) is 25.4. The van der Waals surface area contributed by atoms with Crippen LogP contribution in [-0.2, 0) is 11.2 Å². The topological polar surface area (TPSA) is 58.4 Å². The molecule has 1 unspecified atom stereocenters. The van der Waals surface area contributed by atoms with Crippen molar-refractivity contribution >= 4 is 17.5 Å². The van der Waals surface area contributed by atoms with Gasteiger partial charge in [-0.15, -0.1) is 0 Å². The van der Waals surface area contributed by atoms with Gasteiger partial charge in [0.25, 0.3) is 0 Å². The summed E-state index contributed by atoms with van der Waals surface area (Å²) < 4.78 is 0. The van der Waals surface area contributed by atoms with Crippen LogP contribution in [0.25, 0.3) is 0 Å². The molecule has 1 aromatic carbocycles. The quantitative estimate of drug-likeness (QED) is 0.291. The molecule has 4 bridgehead atoms. The number of rotatable bonds is 7. The van der Waals surface area contributed by atoms with Gasteiger partial charge in [0.2, 0.25) is 5.91 Å². The van der Waals surface area contributed by atoms with Crippen LogP contribution in [0.15, 0.2) is 35.5 Å². The largest absolute Gasteiger partial charge is 0.350 e. The van der Waals surface area contributed by atoms with Gasteiger partial charge in [0.15, 0.2) is 0 Å². The van der Waals surface area contributed by atoms with Crippen molar-refractivity contribution in [3.8, 4) is 0 Å². The second-order valence-corrected chi connectivity index (χ2v) is 13.8. The van der Waals surface area contributed by atoms with Crippen molar-refractivity contribution < 1.29 is 4.79 Å². The summed E-state index contributed by atoms with van der Waals surface area (Å²) in [5, 5.41) is 6.59. The lowest BCUT2D eigenvalue weighted by molar-refractivity contribution is -0.126. The van der Waals surface area contributed by atoms with Crippen LogP contribution in [0.5, 0.6) is 0 Å². The molecule has 1 aromatic rings. The average molecular weight is 524 g/mol. The van der Waals surface area contributed by atoms with Crippen molar-refractivity contribution in [3.63, 3.8) is 0 Å². The number of amides is 1. The number of halogens is 1. The van der Waals surface area contributed by atoms with E-state index >= 15 is 0 Å². The van der Waals surface area contributed by atoms with E-state index in [1.165, 1.54) is 81.0 Å². The summed E-state index contributed by atoms with van der Waals surface area (Å²) in [6, 6.07) is 8.69. The number of nitrogens with two attached hydrogens (primary N) is 1. The van der Waals surface area contributed by atoms with Gasteiger partial charge in [-0.25, -0.2) is 5.84 Å². The van der Waals surface area contributed by atoms with E-state index in [1.54, 1.807) is 0 Å². The smallest absolute Gasteiger partial charge is 0.224 e. The van der Waals surface area contributed by atoms with Crippen molar-refractivity contribution in [1.29, 1.82) is 0 Å². The number of carbonyl (C=O) groups excluding carboxylic acids is 1. The Morgan fingerprint density at radius 1 is 0.973 bits per heavy atom. The summed E-state index contributed by atoms with van der Waals surface area (Å²) in [4.78, 5) is 13.7. The van der Waals surface area contributed by atoms with E-state index in [-0.39, 0.29) is 11.4 Å². The summed E-state index contributed by atoms with van der Waals surface area (Å²) in [7, 11) is 0. The molecule has 1 amide bonds. The number of hydrogen-bond donors (Lipinski definition) is 2. The predicted octanol–water partition coefficient (Wildman–Crippen LogP) is 7.31. The van der Waals surface area contributed by atoms with Gasteiger partial charge in [0.05, 0.1) is 0 Å². The fourth-order valence-corrected chi connectivity index (χ4v) is 9.57. The Morgan fingerprint density at radius 2 is 1.65 bits per heavy atom. The fraction of sp³-hybridized carbons (Fsp3) is 0.719. The molecule has 5 saturated carbocycles. The highest BCUT2D eigenvalue weighted by atomic mass is 35.5. The lowest BCUT2D eigenvalue weighted by Crippen LogP contribution is -2.59. The molecule has 37 heavy (non-hydrogen) atoms. The molecule has 5 heteroatoms. The summed E-state index contributed by atoms with van der Waals surface area (Å²) in [5.74, 6) is 10.1. The number of nitrogens with zero attached hydrogens (tertiary/aromatic N) is 1. The van der Waals surface area contributed by atoms with E-state index in [1.807, 2.05) is 6.07 Å². The molecular formula is C32H46ClN3O. The van der Waals surface area contributed by atoms with Crippen molar-refractivity contribution in [2.24, 2.45) is 29.5 Å². The minimum Gasteiger partial charge on any atom is -0.350 e. The molecule has 5 fully saturated rings. The van der Waals surface area contributed by atoms with Gasteiger partial charge in [0.1, 0.15) is 0 Å². The highest BCUT2D eigenvalue weighted by Gasteiger charge is 2.51. The maximum absolute atomic E-state index is 13.7. The van der Waals surface area contributed by atoms with E-state index in [4.69, 9.17) is 17.4 Å². The molecule has 4 nitrogen and oxygen atoms in total. The van der Waals surface area contributed by atoms with Crippen molar-refractivity contribution in [1.82, 2.24) is 10.3 Å². The number of hydrazine groups is 1. The van der Waals surface area contributed by atoms with Gasteiger partial charge >= 0.3 is 0 Å². The zero-order valence-corrected chi connectivity index (χ0v) is 23.3. The van der Waals surface area contributed by atoms with Crippen LogP contribution in [0.2, 0.25) is 5.02 Å². The van der Waals surface area contributed by atoms with E-state index in [9.17, 15) is 4.79 Å².